The number of esters is 1. The van der Waals surface area contributed by atoms with Crippen LogP contribution in [0.1, 0.15) is 18.4 Å². The molecule has 0 atom stereocenters. The predicted octanol–water partition coefficient (Wildman–Crippen LogP) is 1.81. The molecule has 66 valence electrons. The zero-order valence-electron chi connectivity index (χ0n) is 6.76. The van der Waals surface area contributed by atoms with Crippen LogP contribution in [0.4, 0.5) is 0 Å². The first-order valence-corrected chi connectivity index (χ1v) is 4.14. The highest BCUT2D eigenvalue weighted by Crippen LogP contribution is 2.20. The third-order valence-electron chi connectivity index (χ3n) is 1.27. The first-order valence-electron chi connectivity index (χ1n) is 3.35. The Bertz CT molecular complexity index is 295. The summed E-state index contributed by atoms with van der Waals surface area (Å²) in [4.78, 5) is 10.4. The van der Waals surface area contributed by atoms with Gasteiger partial charge < -0.3 is 9.26 Å². The summed E-state index contributed by atoms with van der Waals surface area (Å²) in [6.45, 7) is 3.27. The number of carbonyl (C=O) groups excluding carboxylic acids is 1. The van der Waals surface area contributed by atoms with Crippen LogP contribution in [-0.2, 0) is 16.1 Å². The summed E-state index contributed by atoms with van der Waals surface area (Å²) in [5.41, 5.74) is 0.600. The molecule has 1 heterocycles. The molecule has 0 aliphatic heterocycles. The van der Waals surface area contributed by atoms with Gasteiger partial charge in [-0.25, -0.2) is 0 Å². The fourth-order valence-electron chi connectivity index (χ4n) is 0.667. The maximum Gasteiger partial charge on any atom is 0.303 e. The van der Waals surface area contributed by atoms with Gasteiger partial charge in [0.2, 0.25) is 0 Å². The third kappa shape index (κ3) is 2.07. The first-order chi connectivity index (χ1) is 5.61. The summed E-state index contributed by atoms with van der Waals surface area (Å²) < 4.78 is 10.3. The maximum absolute atomic E-state index is 10.4. The summed E-state index contributed by atoms with van der Waals surface area (Å²) in [5, 5.41) is 3.69. The molecule has 4 nitrogen and oxygen atoms in total. The van der Waals surface area contributed by atoms with E-state index in [9.17, 15) is 4.79 Å². The molecular weight excluding hydrogens is 226 g/mol. The zero-order valence-corrected chi connectivity index (χ0v) is 8.34. The molecule has 0 aliphatic rings. The number of aromatic nitrogens is 1. The second-order valence-corrected chi connectivity index (χ2v) is 3.07. The highest BCUT2D eigenvalue weighted by atomic mass is 79.9. The molecule has 0 radical (unpaired) electrons. The van der Waals surface area contributed by atoms with Gasteiger partial charge in [-0.2, -0.15) is 0 Å². The van der Waals surface area contributed by atoms with Crippen LogP contribution in [-0.4, -0.2) is 11.1 Å². The van der Waals surface area contributed by atoms with Gasteiger partial charge in [0.15, 0.2) is 0 Å². The van der Waals surface area contributed by atoms with Gasteiger partial charge >= 0.3 is 5.97 Å². The number of hydrogen-bond donors (Lipinski definition) is 0. The van der Waals surface area contributed by atoms with Crippen molar-refractivity contribution in [2.24, 2.45) is 0 Å². The minimum atomic E-state index is -0.331. The van der Waals surface area contributed by atoms with E-state index in [1.807, 2.05) is 0 Å². The second-order valence-electron chi connectivity index (χ2n) is 2.28. The molecule has 0 fully saturated rings. The number of ether oxygens (including phenoxy) is 1. The van der Waals surface area contributed by atoms with Crippen LogP contribution in [0.3, 0.4) is 0 Å². The van der Waals surface area contributed by atoms with Crippen molar-refractivity contribution < 1.29 is 14.1 Å². The van der Waals surface area contributed by atoms with Crippen LogP contribution in [0.25, 0.3) is 0 Å². The molecule has 0 amide bonds. The van der Waals surface area contributed by atoms with Gasteiger partial charge in [0.1, 0.15) is 18.1 Å². The summed E-state index contributed by atoms with van der Waals surface area (Å²) >= 11 is 3.25. The molecule has 1 rings (SSSR count). The number of nitrogens with zero attached hydrogens (tertiary/aromatic N) is 1. The molecule has 0 aliphatic carbocycles. The topological polar surface area (TPSA) is 52.3 Å². The molecule has 5 heteroatoms. The lowest BCUT2D eigenvalue weighted by atomic mass is 10.4. The minimum Gasteiger partial charge on any atom is -0.459 e. The van der Waals surface area contributed by atoms with E-state index >= 15 is 0 Å². The van der Waals surface area contributed by atoms with Gasteiger partial charge in [-0.1, -0.05) is 5.16 Å². The highest BCUT2D eigenvalue weighted by Gasteiger charge is 2.10. The van der Waals surface area contributed by atoms with Gasteiger partial charge in [0.25, 0.3) is 0 Å². The Morgan fingerprint density at radius 1 is 1.75 bits per heavy atom. The van der Waals surface area contributed by atoms with E-state index in [1.165, 1.54) is 6.92 Å². The maximum atomic E-state index is 10.4. The lowest BCUT2D eigenvalue weighted by Crippen LogP contribution is -1.99. The summed E-state index contributed by atoms with van der Waals surface area (Å²) in [7, 11) is 0. The highest BCUT2D eigenvalue weighted by molar-refractivity contribution is 9.10. The summed E-state index contributed by atoms with van der Waals surface area (Å²) in [6, 6.07) is 0. The predicted molar refractivity (Wildman–Crippen MR) is 44.4 cm³/mol. The van der Waals surface area contributed by atoms with E-state index < -0.39 is 0 Å². The molecule has 0 unspecified atom stereocenters. The third-order valence-corrected chi connectivity index (χ3v) is 2.28. The number of carbonyl (C=O) groups is 1. The lowest BCUT2D eigenvalue weighted by molar-refractivity contribution is -0.142. The number of rotatable bonds is 2. The molecule has 1 aromatic rings. The van der Waals surface area contributed by atoms with E-state index in [-0.39, 0.29) is 12.6 Å². The van der Waals surface area contributed by atoms with Gasteiger partial charge in [0.05, 0.1) is 4.47 Å². The Morgan fingerprint density at radius 3 is 2.83 bits per heavy atom. The van der Waals surface area contributed by atoms with E-state index in [0.717, 1.165) is 4.47 Å². The van der Waals surface area contributed by atoms with Crippen molar-refractivity contribution in [3.05, 3.63) is 15.9 Å². The zero-order chi connectivity index (χ0) is 9.14. The molecule has 12 heavy (non-hydrogen) atoms. The van der Waals surface area contributed by atoms with Crippen LogP contribution in [0.15, 0.2) is 9.00 Å². The molecule has 0 saturated heterocycles. The van der Waals surface area contributed by atoms with Gasteiger partial charge in [-0.3, -0.25) is 4.79 Å². The Kier molecular flexibility index (Phi) is 2.86. The van der Waals surface area contributed by atoms with Crippen LogP contribution in [0.2, 0.25) is 0 Å². The molecule has 0 N–H and O–H groups in total. The summed E-state index contributed by atoms with van der Waals surface area (Å²) in [6.07, 6.45) is 0. The molecule has 0 saturated carbocycles. The molecule has 0 bridgehead atoms. The van der Waals surface area contributed by atoms with Crippen molar-refractivity contribution in [3.8, 4) is 0 Å². The van der Waals surface area contributed by atoms with Crippen molar-refractivity contribution >= 4 is 21.9 Å². The van der Waals surface area contributed by atoms with Crippen LogP contribution in [0, 0.1) is 6.92 Å². The molecular formula is C7H8BrNO3. The van der Waals surface area contributed by atoms with Crippen LogP contribution < -0.4 is 0 Å². The van der Waals surface area contributed by atoms with Crippen molar-refractivity contribution in [2.75, 3.05) is 0 Å². The monoisotopic (exact) mass is 233 g/mol. The Hall–Kier alpha value is -0.840. The number of hydrogen-bond acceptors (Lipinski definition) is 4. The van der Waals surface area contributed by atoms with Crippen LogP contribution >= 0.6 is 15.9 Å². The molecule has 0 spiro atoms. The summed E-state index contributed by atoms with van der Waals surface area (Å²) in [5.74, 6) is 0.347. The van der Waals surface area contributed by atoms with Crippen molar-refractivity contribution in [2.45, 2.75) is 20.5 Å². The Morgan fingerprint density at radius 2 is 2.42 bits per heavy atom. The van der Waals surface area contributed by atoms with E-state index in [0.29, 0.717) is 11.5 Å². The van der Waals surface area contributed by atoms with Gasteiger partial charge in [-0.05, 0) is 22.9 Å². The lowest BCUT2D eigenvalue weighted by Gasteiger charge is -1.96. The fraction of sp³-hybridized carbons (Fsp3) is 0.429. The van der Waals surface area contributed by atoms with E-state index in [1.54, 1.807) is 6.92 Å². The van der Waals surface area contributed by atoms with Crippen molar-refractivity contribution in [3.63, 3.8) is 0 Å². The normalized spacial score (nSPS) is 9.92. The van der Waals surface area contributed by atoms with Crippen LogP contribution in [0.5, 0.6) is 0 Å². The molecule has 1 aromatic heterocycles. The smallest absolute Gasteiger partial charge is 0.303 e. The van der Waals surface area contributed by atoms with Gasteiger partial charge in [0, 0.05) is 6.92 Å². The Labute approximate surface area is 78.0 Å². The van der Waals surface area contributed by atoms with E-state index in [4.69, 9.17) is 9.26 Å². The average molecular weight is 234 g/mol. The van der Waals surface area contributed by atoms with Crippen molar-refractivity contribution in [1.82, 2.24) is 5.16 Å². The molecule has 0 aromatic carbocycles. The SMILES string of the molecule is CC(=O)OCc1noc(C)c1Br. The standard InChI is InChI=1S/C7H8BrNO3/c1-4-7(8)6(9-12-4)3-11-5(2)10/h3H2,1-2H3. The van der Waals surface area contributed by atoms with Gasteiger partial charge in [-0.15, -0.1) is 0 Å². The quantitative estimate of drug-likeness (QED) is 0.732. The number of aryl methyl sites for hydroxylation is 1. The van der Waals surface area contributed by atoms with Crippen molar-refractivity contribution in [1.29, 1.82) is 0 Å². The Balaban J connectivity index is 2.63. The second kappa shape index (κ2) is 3.71. The largest absolute Gasteiger partial charge is 0.459 e. The minimum absolute atomic E-state index is 0.146. The van der Waals surface area contributed by atoms with E-state index in [2.05, 4.69) is 21.1 Å². The fourth-order valence-corrected chi connectivity index (χ4v) is 0.926. The first kappa shape index (κ1) is 9.25. The number of halogens is 1. The average Bonchev–Trinajstić information content (AvgIpc) is 2.30.